The van der Waals surface area contributed by atoms with Gasteiger partial charge in [0.2, 0.25) is 0 Å². The third kappa shape index (κ3) is 2.65. The van der Waals surface area contributed by atoms with E-state index in [2.05, 4.69) is 26.0 Å². The second-order valence-corrected chi connectivity index (χ2v) is 6.15. The first kappa shape index (κ1) is 14.8. The molecule has 1 amide bonds. The lowest BCUT2D eigenvalue weighted by Gasteiger charge is -2.03. The summed E-state index contributed by atoms with van der Waals surface area (Å²) < 4.78 is 11.0. The van der Waals surface area contributed by atoms with Gasteiger partial charge in [-0.2, -0.15) is 0 Å². The van der Waals surface area contributed by atoms with Gasteiger partial charge in [-0.05, 0) is 39.5 Å². The first-order chi connectivity index (χ1) is 10.6. The molecule has 3 aromatic rings. The number of carbonyl (C=O) groups excluding carboxylic acids is 2. The number of para-hydroxylation sites is 1. The average molecular weight is 380 g/mol. The van der Waals surface area contributed by atoms with Crippen LogP contribution in [0.2, 0.25) is 0 Å². The Kier molecular flexibility index (Phi) is 4.00. The molecule has 22 heavy (non-hydrogen) atoms. The molecule has 112 valence electrons. The van der Waals surface area contributed by atoms with E-state index in [-0.39, 0.29) is 5.76 Å². The highest BCUT2D eigenvalue weighted by Gasteiger charge is 2.19. The number of thiophene rings is 1. The Labute approximate surface area is 138 Å². The van der Waals surface area contributed by atoms with Crippen molar-refractivity contribution in [3.05, 3.63) is 50.8 Å². The normalized spacial score (nSPS) is 10.6. The van der Waals surface area contributed by atoms with Crippen molar-refractivity contribution in [3.8, 4) is 0 Å². The molecular weight excluding hydrogens is 370 g/mol. The van der Waals surface area contributed by atoms with E-state index >= 15 is 0 Å². The number of rotatable bonds is 3. The third-order valence-corrected chi connectivity index (χ3v) is 4.52. The van der Waals surface area contributed by atoms with Gasteiger partial charge in [0.1, 0.15) is 10.5 Å². The summed E-state index contributed by atoms with van der Waals surface area (Å²) in [7, 11) is 1.30. The van der Waals surface area contributed by atoms with E-state index in [0.29, 0.717) is 16.1 Å². The molecule has 7 heteroatoms. The molecule has 3 rings (SSSR count). The van der Waals surface area contributed by atoms with Crippen LogP contribution in [0.15, 0.2) is 44.6 Å². The molecule has 0 aliphatic heterocycles. The van der Waals surface area contributed by atoms with Gasteiger partial charge in [-0.25, -0.2) is 4.79 Å². The number of nitrogens with one attached hydrogen (secondary N) is 1. The molecule has 0 saturated heterocycles. The van der Waals surface area contributed by atoms with E-state index < -0.39 is 11.9 Å². The van der Waals surface area contributed by atoms with Crippen LogP contribution in [-0.4, -0.2) is 19.0 Å². The van der Waals surface area contributed by atoms with Gasteiger partial charge in [0.05, 0.1) is 17.3 Å². The first-order valence-corrected chi connectivity index (χ1v) is 7.92. The van der Waals surface area contributed by atoms with Crippen LogP contribution in [0.1, 0.15) is 20.2 Å². The van der Waals surface area contributed by atoms with Gasteiger partial charge in [-0.15, -0.1) is 11.3 Å². The first-order valence-electron chi connectivity index (χ1n) is 6.25. The topological polar surface area (TPSA) is 68.5 Å². The standard InChI is InChI=1S/C15H10BrNO4S/c1-20-15(19)13-10(5-6-22-13)17-14(18)11-7-8-3-2-4-9(16)12(8)21-11/h2-7H,1H3,(H,17,18). The number of anilines is 1. The Morgan fingerprint density at radius 1 is 1.32 bits per heavy atom. The summed E-state index contributed by atoms with van der Waals surface area (Å²) in [5.74, 6) is -0.742. The Morgan fingerprint density at radius 3 is 2.86 bits per heavy atom. The van der Waals surface area contributed by atoms with Crippen molar-refractivity contribution in [3.63, 3.8) is 0 Å². The predicted octanol–water partition coefficient (Wildman–Crippen LogP) is 4.30. The van der Waals surface area contributed by atoms with Crippen LogP contribution in [0.3, 0.4) is 0 Å². The lowest BCUT2D eigenvalue weighted by atomic mass is 10.2. The minimum atomic E-state index is -0.488. The smallest absolute Gasteiger partial charge is 0.350 e. The molecule has 0 fully saturated rings. The van der Waals surface area contributed by atoms with Crippen LogP contribution in [0.4, 0.5) is 5.69 Å². The van der Waals surface area contributed by atoms with Gasteiger partial charge in [-0.1, -0.05) is 12.1 Å². The van der Waals surface area contributed by atoms with Gasteiger partial charge in [0.25, 0.3) is 5.91 Å². The summed E-state index contributed by atoms with van der Waals surface area (Å²) >= 11 is 4.57. The quantitative estimate of drug-likeness (QED) is 0.688. The largest absolute Gasteiger partial charge is 0.465 e. The van der Waals surface area contributed by atoms with Crippen molar-refractivity contribution in [1.82, 2.24) is 0 Å². The van der Waals surface area contributed by atoms with Crippen molar-refractivity contribution < 1.29 is 18.7 Å². The van der Waals surface area contributed by atoms with Crippen molar-refractivity contribution in [2.45, 2.75) is 0 Å². The van der Waals surface area contributed by atoms with Crippen LogP contribution in [0.25, 0.3) is 11.0 Å². The number of halogens is 1. The number of methoxy groups -OCH3 is 1. The molecule has 5 nitrogen and oxygen atoms in total. The molecule has 0 atom stereocenters. The minimum Gasteiger partial charge on any atom is -0.465 e. The Bertz CT molecular complexity index is 867. The lowest BCUT2D eigenvalue weighted by Crippen LogP contribution is -2.13. The lowest BCUT2D eigenvalue weighted by molar-refractivity contribution is 0.0607. The molecule has 0 spiro atoms. The van der Waals surface area contributed by atoms with Crippen molar-refractivity contribution >= 4 is 55.8 Å². The summed E-state index contributed by atoms with van der Waals surface area (Å²) in [6, 6.07) is 8.84. The molecule has 0 saturated carbocycles. The second-order valence-electron chi connectivity index (χ2n) is 4.38. The third-order valence-electron chi connectivity index (χ3n) is 3.00. The number of amides is 1. The van der Waals surface area contributed by atoms with Gasteiger partial charge in [-0.3, -0.25) is 4.79 Å². The van der Waals surface area contributed by atoms with Crippen molar-refractivity contribution in [1.29, 1.82) is 0 Å². The SMILES string of the molecule is COC(=O)c1sccc1NC(=O)c1cc2cccc(Br)c2o1. The average Bonchev–Trinajstić information content (AvgIpc) is 3.13. The van der Waals surface area contributed by atoms with Crippen LogP contribution < -0.4 is 5.32 Å². The van der Waals surface area contributed by atoms with E-state index in [1.54, 1.807) is 17.5 Å². The molecule has 1 aromatic carbocycles. The molecule has 0 bridgehead atoms. The molecule has 2 heterocycles. The molecular formula is C15H10BrNO4S. The van der Waals surface area contributed by atoms with Crippen LogP contribution >= 0.6 is 27.3 Å². The van der Waals surface area contributed by atoms with Gasteiger partial charge >= 0.3 is 5.97 Å². The number of benzene rings is 1. The van der Waals surface area contributed by atoms with E-state index in [1.807, 2.05) is 18.2 Å². The zero-order chi connectivity index (χ0) is 15.7. The summed E-state index contributed by atoms with van der Waals surface area (Å²) in [5, 5.41) is 5.19. The molecule has 2 aromatic heterocycles. The van der Waals surface area contributed by atoms with E-state index in [4.69, 9.17) is 4.42 Å². The molecule has 0 aliphatic rings. The zero-order valence-corrected chi connectivity index (χ0v) is 13.8. The van der Waals surface area contributed by atoms with Crippen LogP contribution in [0.5, 0.6) is 0 Å². The van der Waals surface area contributed by atoms with Gasteiger partial charge < -0.3 is 14.5 Å². The maximum Gasteiger partial charge on any atom is 0.350 e. The molecule has 1 N–H and O–H groups in total. The zero-order valence-electron chi connectivity index (χ0n) is 11.4. The Balaban J connectivity index is 1.89. The van der Waals surface area contributed by atoms with Crippen LogP contribution in [0, 0.1) is 0 Å². The number of hydrogen-bond donors (Lipinski definition) is 1. The fourth-order valence-corrected chi connectivity index (χ4v) is 3.21. The van der Waals surface area contributed by atoms with E-state index in [9.17, 15) is 9.59 Å². The number of hydrogen-bond acceptors (Lipinski definition) is 5. The maximum absolute atomic E-state index is 12.3. The van der Waals surface area contributed by atoms with Crippen molar-refractivity contribution in [2.24, 2.45) is 0 Å². The molecule has 0 aliphatic carbocycles. The predicted molar refractivity (Wildman–Crippen MR) is 87.5 cm³/mol. The fourth-order valence-electron chi connectivity index (χ4n) is 1.98. The van der Waals surface area contributed by atoms with Crippen molar-refractivity contribution in [2.75, 3.05) is 12.4 Å². The number of ether oxygens (including phenoxy) is 1. The second kappa shape index (κ2) is 5.94. The van der Waals surface area contributed by atoms with E-state index in [0.717, 1.165) is 9.86 Å². The number of esters is 1. The van der Waals surface area contributed by atoms with E-state index in [1.165, 1.54) is 18.4 Å². The fraction of sp³-hybridized carbons (Fsp3) is 0.0667. The number of carbonyl (C=O) groups is 2. The molecule has 0 unspecified atom stereocenters. The number of fused-ring (bicyclic) bond motifs is 1. The van der Waals surface area contributed by atoms with Gasteiger partial charge in [0, 0.05) is 5.39 Å². The highest BCUT2D eigenvalue weighted by molar-refractivity contribution is 9.10. The summed E-state index contributed by atoms with van der Waals surface area (Å²) in [6.07, 6.45) is 0. The number of furan rings is 1. The summed E-state index contributed by atoms with van der Waals surface area (Å²) in [4.78, 5) is 24.2. The Morgan fingerprint density at radius 2 is 2.14 bits per heavy atom. The Hall–Kier alpha value is -2.12. The van der Waals surface area contributed by atoms with Crippen LogP contribution in [-0.2, 0) is 4.74 Å². The highest BCUT2D eigenvalue weighted by Crippen LogP contribution is 2.28. The monoisotopic (exact) mass is 379 g/mol. The highest BCUT2D eigenvalue weighted by atomic mass is 79.9. The summed E-state index contributed by atoms with van der Waals surface area (Å²) in [5.41, 5.74) is 1.01. The van der Waals surface area contributed by atoms with Gasteiger partial charge in [0.15, 0.2) is 5.76 Å². The summed E-state index contributed by atoms with van der Waals surface area (Å²) in [6.45, 7) is 0. The maximum atomic E-state index is 12.3. The molecule has 0 radical (unpaired) electrons. The minimum absolute atomic E-state index is 0.170.